The molecule has 26 N–H and O–H groups in total. The number of nitrogens with zero attached hydrogens (tertiary/aromatic N) is 1. The van der Waals surface area contributed by atoms with E-state index < -0.39 is 18.0 Å². The Kier molecular flexibility index (Phi) is 65.3. The maximum atomic E-state index is 12.7. The third kappa shape index (κ3) is 53.1. The summed E-state index contributed by atoms with van der Waals surface area (Å²) in [5.74, 6) is 0.0498. The summed E-state index contributed by atoms with van der Waals surface area (Å²) in [6.07, 6.45) is 32.7. The maximum Gasteiger partial charge on any atom is 0.312 e. The lowest BCUT2D eigenvalue weighted by atomic mass is 9.97. The van der Waals surface area contributed by atoms with Crippen molar-refractivity contribution in [2.24, 2.45) is 68.8 Å². The molecular weight excluding hydrogens is 1260 g/mol. The second kappa shape index (κ2) is 68.6. The number of aliphatic carboxylic acids is 1. The number of carboxylic acid groups (broad SMARTS) is 1. The van der Waals surface area contributed by atoms with Gasteiger partial charge in [-0.15, -0.1) is 0 Å². The zero-order chi connectivity index (χ0) is 72.9. The highest BCUT2D eigenvalue weighted by Crippen LogP contribution is 2.21. The van der Waals surface area contributed by atoms with Crippen LogP contribution in [-0.4, -0.2) is 125 Å². The molecule has 0 radical (unpaired) electrons. The summed E-state index contributed by atoms with van der Waals surface area (Å²) in [6.45, 7) is 7.69. The van der Waals surface area contributed by atoms with Gasteiger partial charge in [0, 0.05) is 70.6 Å². The van der Waals surface area contributed by atoms with Crippen LogP contribution in [-0.2, 0) is 22.4 Å². The fraction of sp³-hybridized carbons (Fsp3) is 0.429. The van der Waals surface area contributed by atoms with Crippen molar-refractivity contribution in [1.29, 1.82) is 0 Å². The number of benzene rings is 5. The first-order valence-corrected chi connectivity index (χ1v) is 35.3. The van der Waals surface area contributed by atoms with Gasteiger partial charge in [0.1, 0.15) is 24.0 Å². The molecule has 0 amide bonds. The van der Waals surface area contributed by atoms with Crippen LogP contribution >= 0.6 is 11.8 Å². The van der Waals surface area contributed by atoms with E-state index in [-0.39, 0.29) is 30.8 Å². The number of allylic oxidation sites excluding steroid dienone is 5. The predicted octanol–water partition coefficient (Wildman–Crippen LogP) is 10.0. The summed E-state index contributed by atoms with van der Waals surface area (Å²) < 4.78 is 34.9. The molecule has 3 atom stereocenters. The van der Waals surface area contributed by atoms with Crippen molar-refractivity contribution in [3.05, 3.63) is 251 Å². The normalized spacial score (nSPS) is 12.9. The minimum absolute atomic E-state index is 0.0128. The Morgan fingerprint density at radius 1 is 0.541 bits per heavy atom. The average Bonchev–Trinajstić information content (AvgIpc) is 1.35. The lowest BCUT2D eigenvalue weighted by Gasteiger charge is -2.10. The Balaban J connectivity index is 0. The lowest BCUT2D eigenvalue weighted by Crippen LogP contribution is -2.20. The summed E-state index contributed by atoms with van der Waals surface area (Å²) in [5, 5.41) is 17.9. The van der Waals surface area contributed by atoms with Gasteiger partial charge in [-0.05, 0) is 193 Å². The van der Waals surface area contributed by atoms with E-state index in [1.807, 2.05) is 97.4 Å². The summed E-state index contributed by atoms with van der Waals surface area (Å²) in [4.78, 5) is 14.6. The number of aromatic nitrogens is 1. The number of aliphatic hydroxyl groups is 1. The van der Waals surface area contributed by atoms with Crippen LogP contribution in [0.5, 0.6) is 5.75 Å². The number of ether oxygens (including phenoxy) is 2. The molecule has 0 fully saturated rings. The highest BCUT2D eigenvalue weighted by molar-refractivity contribution is 7.98. The fourth-order valence-corrected chi connectivity index (χ4v) is 8.96. The van der Waals surface area contributed by atoms with Crippen LogP contribution in [0, 0.1) is 11.6 Å². The van der Waals surface area contributed by atoms with Crippen LogP contribution in [0.15, 0.2) is 211 Å². The second-order valence-corrected chi connectivity index (χ2v) is 22.9. The molecule has 3 aliphatic rings. The number of methoxy groups -OCH3 is 1. The van der Waals surface area contributed by atoms with Crippen molar-refractivity contribution < 1.29 is 33.3 Å². The molecule has 1 heterocycles. The molecule has 1 aromatic heterocycles. The van der Waals surface area contributed by atoms with Gasteiger partial charge in [-0.25, -0.2) is 8.78 Å². The maximum absolute atomic E-state index is 12.7. The van der Waals surface area contributed by atoms with E-state index in [4.69, 9.17) is 78.6 Å². The van der Waals surface area contributed by atoms with Crippen LogP contribution in [0.25, 0.3) is 0 Å². The molecule has 98 heavy (non-hydrogen) atoms. The Labute approximate surface area is 590 Å². The van der Waals surface area contributed by atoms with Crippen molar-refractivity contribution in [3.63, 3.8) is 0 Å². The molecule has 3 aliphatic carbocycles. The summed E-state index contributed by atoms with van der Waals surface area (Å²) in [6, 6.07) is 44.8. The van der Waals surface area contributed by atoms with E-state index in [2.05, 4.69) is 40.1 Å². The summed E-state index contributed by atoms with van der Waals surface area (Å²) in [7, 11) is 1.63. The predicted molar refractivity (Wildman–Crippen MR) is 410 cm³/mol. The third-order valence-electron chi connectivity index (χ3n) is 14.0. The van der Waals surface area contributed by atoms with Crippen LogP contribution < -0.4 is 73.5 Å². The van der Waals surface area contributed by atoms with E-state index >= 15 is 0 Å². The first-order chi connectivity index (χ1) is 47.7. The highest BCUT2D eigenvalue weighted by atomic mass is 32.2. The van der Waals surface area contributed by atoms with E-state index in [9.17, 15) is 18.7 Å². The molecule has 0 saturated heterocycles. The first kappa shape index (κ1) is 93.2. The molecule has 0 bridgehead atoms. The largest absolute Gasteiger partial charge is 0.492 e. The number of hydrogen-bond donors (Lipinski definition) is 14. The number of rotatable bonds is 24. The number of hydrogen-bond acceptors (Lipinski definition) is 18. The molecule has 0 saturated carbocycles. The van der Waals surface area contributed by atoms with Crippen molar-refractivity contribution in [2.45, 2.75) is 108 Å². The first-order valence-electron chi connectivity index (χ1n) is 33.9. The van der Waals surface area contributed by atoms with Gasteiger partial charge in [-0.3, -0.25) is 9.78 Å². The molecular formula is C77H123F2N13O5S. The van der Waals surface area contributed by atoms with Gasteiger partial charge in [0.15, 0.2) is 0 Å². The standard InChI is InChI=1S/C9H11NO2.C8H10FNO.C8H10FN.C8H12N2.C8H11NO.C8H15N.C8H13N.C7H10N2.C7H13N.C3H9NO.C3H9NS/c10-6-8(9(11)12)7-4-2-1-3-5-7;9-7-3-1-6(2-4-7)8(11)5-10;9-8-4-2-1-3-7(8)5-6-10;9-6-8(10)7-4-2-1-3-5-7;9-6-7-10-8-4-2-1-3-5-8;2*9-7-6-8-4-2-1-3-5-8;8-4-3-7-2-1-5-9-6-7;8-6-5-7-3-1-2-4-7;2*1-5-3-2-4/h1-5,8H,6,10H2,(H,11,12);1-4,8,11H,5,10H2;1-4H,5-6,10H2;1-5,8H,6,9-10H2;1-5H,6-7,9H2;4H,1-3,5-7,9H2;1-2,5H,3-4,6-7,9H2;1-2,5-6H,3-4,8H2;3H,1-2,4-6,8H2;2*2-4H2,1H3. The molecule has 6 aromatic rings. The molecule has 546 valence electrons. The zero-order valence-corrected chi connectivity index (χ0v) is 59.5. The van der Waals surface area contributed by atoms with E-state index in [0.717, 1.165) is 87.3 Å². The van der Waals surface area contributed by atoms with Crippen LogP contribution in [0.4, 0.5) is 8.78 Å². The Morgan fingerprint density at radius 3 is 1.50 bits per heavy atom. The molecule has 5 aromatic carbocycles. The minimum Gasteiger partial charge on any atom is -0.492 e. The number of nitrogens with two attached hydrogens (primary N) is 12. The average molecular weight is 1380 g/mol. The van der Waals surface area contributed by atoms with Crippen molar-refractivity contribution in [2.75, 3.05) is 104 Å². The van der Waals surface area contributed by atoms with Crippen LogP contribution in [0.3, 0.4) is 0 Å². The summed E-state index contributed by atoms with van der Waals surface area (Å²) in [5.41, 5.74) is 72.8. The van der Waals surface area contributed by atoms with Gasteiger partial charge in [0.2, 0.25) is 0 Å². The number of aliphatic hydroxyl groups excluding tert-OH is 1. The minimum atomic E-state index is -0.872. The van der Waals surface area contributed by atoms with Gasteiger partial charge >= 0.3 is 5.97 Å². The molecule has 21 heteroatoms. The monoisotopic (exact) mass is 1380 g/mol. The Hall–Kier alpha value is -6.87. The van der Waals surface area contributed by atoms with Gasteiger partial charge in [0.25, 0.3) is 0 Å². The second-order valence-electron chi connectivity index (χ2n) is 21.9. The molecule has 9 rings (SSSR count). The van der Waals surface area contributed by atoms with Gasteiger partial charge in [-0.2, -0.15) is 11.8 Å². The van der Waals surface area contributed by atoms with Crippen LogP contribution in [0.2, 0.25) is 0 Å². The smallest absolute Gasteiger partial charge is 0.312 e. The van der Waals surface area contributed by atoms with Gasteiger partial charge < -0.3 is 88.5 Å². The topological polar surface area (TPSA) is 401 Å². The number of carbonyl (C=O) groups is 1. The number of pyridine rings is 1. The number of thioether (sulfide) groups is 1. The molecule has 3 unspecified atom stereocenters. The zero-order valence-electron chi connectivity index (χ0n) is 58.7. The van der Waals surface area contributed by atoms with Gasteiger partial charge in [0.05, 0.1) is 18.6 Å². The van der Waals surface area contributed by atoms with E-state index in [1.165, 1.54) is 86.4 Å². The highest BCUT2D eigenvalue weighted by Gasteiger charge is 2.16. The van der Waals surface area contributed by atoms with Crippen molar-refractivity contribution in [1.82, 2.24) is 4.98 Å². The third-order valence-corrected chi connectivity index (χ3v) is 14.6. The molecule has 0 aliphatic heterocycles. The summed E-state index contributed by atoms with van der Waals surface area (Å²) >= 11 is 1.78. The van der Waals surface area contributed by atoms with Crippen LogP contribution in [0.1, 0.15) is 123 Å². The fourth-order valence-electron chi connectivity index (χ4n) is 8.73. The Morgan fingerprint density at radius 2 is 1.08 bits per heavy atom. The number of halogens is 2. The SMILES string of the molecule is COCCN.CSCCN.NCC(C(=O)O)c1ccccc1.NCC(N)c1ccccc1.NCC(O)c1ccc(F)cc1.NCCC1=CCC=CC1.NCCC1=CCCC1.NCCC1=CCCCC1.NCCOc1ccccc1.NCCc1ccccc1F.NCCc1cccnc1. The van der Waals surface area contributed by atoms with Gasteiger partial charge in [-0.1, -0.05) is 162 Å². The molecule has 0 spiro atoms. The van der Waals surface area contributed by atoms with E-state index in [1.54, 1.807) is 72.6 Å². The van der Waals surface area contributed by atoms with Crippen molar-refractivity contribution >= 4 is 17.7 Å². The van der Waals surface area contributed by atoms with E-state index in [0.29, 0.717) is 63.5 Å². The number of para-hydroxylation sites is 1. The molecule has 18 nitrogen and oxygen atoms in total. The Bertz CT molecular complexity index is 2830. The number of carboxylic acids is 1. The quantitative estimate of drug-likeness (QED) is 0.0250. The van der Waals surface area contributed by atoms with Crippen molar-refractivity contribution in [3.8, 4) is 5.75 Å². The lowest BCUT2D eigenvalue weighted by molar-refractivity contribution is -0.138.